The van der Waals surface area contributed by atoms with Gasteiger partial charge in [-0.05, 0) is 66.2 Å². The van der Waals surface area contributed by atoms with E-state index in [1.807, 2.05) is 6.07 Å². The monoisotopic (exact) mass is 470 g/mol. The molecule has 2 aromatic heterocycles. The topological polar surface area (TPSA) is 90.5 Å². The number of furan rings is 1. The van der Waals surface area contributed by atoms with Crippen LogP contribution in [0.3, 0.4) is 0 Å². The van der Waals surface area contributed by atoms with Gasteiger partial charge in [0.05, 0.1) is 0 Å². The zero-order valence-corrected chi connectivity index (χ0v) is 17.9. The van der Waals surface area contributed by atoms with E-state index in [9.17, 15) is 14.4 Å². The van der Waals surface area contributed by atoms with Crippen LogP contribution in [0.2, 0.25) is 0 Å². The van der Waals surface area contributed by atoms with Crippen molar-refractivity contribution in [3.8, 4) is 0 Å². The third kappa shape index (κ3) is 5.15. The van der Waals surface area contributed by atoms with Crippen LogP contribution in [0.4, 0.5) is 0 Å². The molecule has 0 spiro atoms. The van der Waals surface area contributed by atoms with Gasteiger partial charge in [-0.25, -0.2) is 4.79 Å². The Morgan fingerprint density at radius 3 is 2.53 bits per heavy atom. The maximum absolute atomic E-state index is 12.5. The Hall–Kier alpha value is -3.39. The van der Waals surface area contributed by atoms with Crippen LogP contribution in [0.1, 0.15) is 37.9 Å². The lowest BCUT2D eigenvalue weighted by Gasteiger charge is -2.11. The Kier molecular flexibility index (Phi) is 6.68. The number of hydrogen-bond acceptors (Lipinski definition) is 5. The van der Waals surface area contributed by atoms with E-state index in [4.69, 9.17) is 9.15 Å². The smallest absolute Gasteiger partial charge is 0.331 e. The summed E-state index contributed by atoms with van der Waals surface area (Å²) < 4.78 is 12.3. The van der Waals surface area contributed by atoms with Gasteiger partial charge < -0.3 is 9.15 Å². The number of aromatic nitrogens is 1. The van der Waals surface area contributed by atoms with E-state index < -0.39 is 12.6 Å². The van der Waals surface area contributed by atoms with Crippen molar-refractivity contribution in [3.63, 3.8) is 0 Å². The number of rotatable bonds is 7. The molecular formula is C22H19BrN2O5. The van der Waals surface area contributed by atoms with E-state index in [1.54, 1.807) is 61.0 Å². The predicted octanol–water partition coefficient (Wildman–Crippen LogP) is 4.28. The fraction of sp³-hybridized carbons (Fsp3) is 0.136. The van der Waals surface area contributed by atoms with Gasteiger partial charge in [0.15, 0.2) is 11.3 Å². The second-order valence-electron chi connectivity index (χ2n) is 6.43. The number of aryl methyl sites for hydroxylation is 1. The van der Waals surface area contributed by atoms with Crippen molar-refractivity contribution < 1.29 is 23.5 Å². The summed E-state index contributed by atoms with van der Waals surface area (Å²) in [4.78, 5) is 36.8. The van der Waals surface area contributed by atoms with E-state index in [-0.39, 0.29) is 11.7 Å². The summed E-state index contributed by atoms with van der Waals surface area (Å²) in [5.74, 6) is -0.853. The van der Waals surface area contributed by atoms with Crippen LogP contribution in [0.25, 0.3) is 6.08 Å². The molecule has 2 heterocycles. The number of carbonyl (C=O) groups is 3. The Balaban J connectivity index is 1.62. The van der Waals surface area contributed by atoms with Crippen molar-refractivity contribution in [2.24, 2.45) is 0 Å². The number of esters is 1. The molecule has 0 aliphatic heterocycles. The van der Waals surface area contributed by atoms with Crippen LogP contribution in [-0.4, -0.2) is 28.9 Å². The van der Waals surface area contributed by atoms with Gasteiger partial charge in [0.25, 0.3) is 5.91 Å². The minimum atomic E-state index is -0.665. The van der Waals surface area contributed by atoms with Crippen LogP contribution >= 0.6 is 15.9 Å². The molecule has 0 saturated carbocycles. The molecule has 7 nitrogen and oxygen atoms in total. The fourth-order valence-electron chi connectivity index (χ4n) is 2.80. The maximum atomic E-state index is 12.5. The number of halogens is 1. The van der Waals surface area contributed by atoms with Crippen molar-refractivity contribution in [1.82, 2.24) is 4.68 Å². The van der Waals surface area contributed by atoms with Gasteiger partial charge in [0.2, 0.25) is 5.78 Å². The van der Waals surface area contributed by atoms with Gasteiger partial charge >= 0.3 is 5.97 Å². The van der Waals surface area contributed by atoms with E-state index in [2.05, 4.69) is 21.4 Å². The number of ketones is 1. The second kappa shape index (κ2) is 9.41. The Labute approximate surface area is 181 Å². The number of hydrogen-bond donors (Lipinski definition) is 1. The highest BCUT2D eigenvalue weighted by atomic mass is 79.9. The van der Waals surface area contributed by atoms with E-state index in [0.717, 1.165) is 0 Å². The molecule has 0 saturated heterocycles. The van der Waals surface area contributed by atoms with Crippen LogP contribution in [0, 0.1) is 13.8 Å². The predicted molar refractivity (Wildman–Crippen MR) is 115 cm³/mol. The number of ether oxygens (including phenoxy) is 1. The summed E-state index contributed by atoms with van der Waals surface area (Å²) in [7, 11) is 0. The van der Waals surface area contributed by atoms with Crippen LogP contribution < -0.4 is 5.43 Å². The first kappa shape index (κ1) is 21.3. The first-order valence-electron chi connectivity index (χ1n) is 9.04. The van der Waals surface area contributed by atoms with Gasteiger partial charge in [-0.2, -0.15) is 0 Å². The summed E-state index contributed by atoms with van der Waals surface area (Å²) >= 11 is 3.17. The standard InChI is InChI=1S/C22H19BrN2O5/c1-14-12-18(15(2)25(14)24-22(28)16-6-4-3-5-7-16)19(26)13-29-21(27)11-9-17-8-10-20(23)30-17/h3-12H,13H2,1-2H3,(H,24,28)/b11-9+. The van der Waals surface area contributed by atoms with Crippen molar-refractivity contribution in [3.05, 3.63) is 87.6 Å². The molecule has 8 heteroatoms. The largest absolute Gasteiger partial charge is 0.454 e. The molecule has 30 heavy (non-hydrogen) atoms. The first-order valence-corrected chi connectivity index (χ1v) is 9.83. The number of nitrogens with zero attached hydrogens (tertiary/aromatic N) is 1. The highest BCUT2D eigenvalue weighted by Gasteiger charge is 2.18. The molecule has 0 fully saturated rings. The second-order valence-corrected chi connectivity index (χ2v) is 7.21. The molecule has 1 N–H and O–H groups in total. The quantitative estimate of drug-likeness (QED) is 0.316. The molecule has 0 aliphatic rings. The molecule has 3 aromatic rings. The van der Waals surface area contributed by atoms with Crippen LogP contribution in [0.15, 0.2) is 63.7 Å². The lowest BCUT2D eigenvalue weighted by Crippen LogP contribution is -2.25. The molecule has 1 amide bonds. The van der Waals surface area contributed by atoms with Crippen LogP contribution in [-0.2, 0) is 9.53 Å². The average molecular weight is 471 g/mol. The number of benzene rings is 1. The summed E-state index contributed by atoms with van der Waals surface area (Å²) in [6.07, 6.45) is 2.63. The SMILES string of the molecule is Cc1cc(C(=O)COC(=O)/C=C/c2ccc(Br)o2)c(C)n1NC(=O)c1ccccc1. The lowest BCUT2D eigenvalue weighted by molar-refractivity contribution is -0.136. The van der Waals surface area contributed by atoms with Crippen molar-refractivity contribution in [1.29, 1.82) is 0 Å². The van der Waals surface area contributed by atoms with Gasteiger partial charge in [-0.1, -0.05) is 18.2 Å². The molecule has 0 atom stereocenters. The number of nitrogens with one attached hydrogen (secondary N) is 1. The van der Waals surface area contributed by atoms with E-state index >= 15 is 0 Å². The first-order chi connectivity index (χ1) is 14.3. The molecule has 0 unspecified atom stereocenters. The molecule has 154 valence electrons. The summed E-state index contributed by atoms with van der Waals surface area (Å²) in [6.45, 7) is 3.06. The summed E-state index contributed by atoms with van der Waals surface area (Å²) in [5.41, 5.74) is 4.86. The molecular weight excluding hydrogens is 452 g/mol. The maximum Gasteiger partial charge on any atom is 0.331 e. The fourth-order valence-corrected chi connectivity index (χ4v) is 3.12. The number of amides is 1. The number of carbonyl (C=O) groups excluding carboxylic acids is 3. The summed E-state index contributed by atoms with van der Waals surface area (Å²) in [5, 5.41) is 0. The lowest BCUT2D eigenvalue weighted by atomic mass is 10.1. The number of Topliss-reactive ketones (excluding diaryl/α,β-unsaturated/α-hetero) is 1. The third-order valence-corrected chi connectivity index (χ3v) is 4.73. The minimum Gasteiger partial charge on any atom is -0.454 e. The molecule has 3 rings (SSSR count). The third-order valence-electron chi connectivity index (χ3n) is 4.30. The molecule has 0 radical (unpaired) electrons. The molecule has 0 aliphatic carbocycles. The highest BCUT2D eigenvalue weighted by Crippen LogP contribution is 2.16. The van der Waals surface area contributed by atoms with Gasteiger partial charge in [-0.3, -0.25) is 19.7 Å². The Morgan fingerprint density at radius 1 is 1.13 bits per heavy atom. The normalized spacial score (nSPS) is 10.9. The highest BCUT2D eigenvalue weighted by molar-refractivity contribution is 9.10. The average Bonchev–Trinajstić information content (AvgIpc) is 3.28. The molecule has 1 aromatic carbocycles. The van der Waals surface area contributed by atoms with Crippen molar-refractivity contribution in [2.75, 3.05) is 12.0 Å². The van der Waals surface area contributed by atoms with Gasteiger partial charge in [0.1, 0.15) is 5.76 Å². The zero-order chi connectivity index (χ0) is 21.7. The Morgan fingerprint density at radius 2 is 1.87 bits per heavy atom. The van der Waals surface area contributed by atoms with Crippen molar-refractivity contribution in [2.45, 2.75) is 13.8 Å². The van der Waals surface area contributed by atoms with E-state index in [0.29, 0.717) is 32.9 Å². The van der Waals surface area contributed by atoms with Crippen molar-refractivity contribution >= 4 is 39.7 Å². The Bertz CT molecular complexity index is 1110. The minimum absolute atomic E-state index is 0.294. The van der Waals surface area contributed by atoms with Gasteiger partial charge in [0, 0.05) is 28.6 Å². The molecule has 0 bridgehead atoms. The summed E-state index contributed by atoms with van der Waals surface area (Å²) in [6, 6.07) is 13.8. The van der Waals surface area contributed by atoms with E-state index in [1.165, 1.54) is 12.2 Å². The zero-order valence-electron chi connectivity index (χ0n) is 16.3. The van der Waals surface area contributed by atoms with Crippen LogP contribution in [0.5, 0.6) is 0 Å². The van der Waals surface area contributed by atoms with Gasteiger partial charge in [-0.15, -0.1) is 0 Å².